The fourth-order valence-electron chi connectivity index (χ4n) is 1.07. The maximum absolute atomic E-state index is 12.6. The third kappa shape index (κ3) is 2.68. The van der Waals surface area contributed by atoms with Crippen LogP contribution < -0.4 is 4.74 Å². The Morgan fingerprint density at radius 1 is 1.38 bits per heavy atom. The highest BCUT2D eigenvalue weighted by atomic mass is 19.4. The fraction of sp³-hybridized carbons (Fsp3) is 0.182. The van der Waals surface area contributed by atoms with E-state index in [0.29, 0.717) is 0 Å². The third-order valence-corrected chi connectivity index (χ3v) is 1.73. The Balaban J connectivity index is 3.19. The van der Waals surface area contributed by atoms with Gasteiger partial charge in [-0.1, -0.05) is 5.92 Å². The Labute approximate surface area is 90.3 Å². The number of rotatable bonds is 2. The van der Waals surface area contributed by atoms with Gasteiger partial charge in [0.25, 0.3) is 0 Å². The van der Waals surface area contributed by atoms with Gasteiger partial charge >= 0.3 is 6.18 Å². The summed E-state index contributed by atoms with van der Waals surface area (Å²) in [6.07, 6.45) is 0.310. The van der Waals surface area contributed by atoms with Crippen molar-refractivity contribution in [2.75, 3.05) is 6.61 Å². The molecule has 0 N–H and O–H groups in total. The Hall–Kier alpha value is -2.14. The molecule has 0 radical (unpaired) electrons. The second-order valence-electron chi connectivity index (χ2n) is 2.81. The summed E-state index contributed by atoms with van der Waals surface area (Å²) in [5, 5.41) is 8.50. The number of terminal acetylenes is 1. The molecule has 0 saturated carbocycles. The van der Waals surface area contributed by atoms with Crippen LogP contribution in [0.1, 0.15) is 11.1 Å². The molecule has 1 rings (SSSR count). The van der Waals surface area contributed by atoms with E-state index in [1.807, 2.05) is 0 Å². The number of hydrogen-bond donors (Lipinski definition) is 0. The van der Waals surface area contributed by atoms with Crippen molar-refractivity contribution in [2.45, 2.75) is 6.18 Å². The van der Waals surface area contributed by atoms with Gasteiger partial charge in [0.05, 0.1) is 17.2 Å². The van der Waals surface area contributed by atoms with Crippen LogP contribution in [-0.2, 0) is 6.18 Å². The van der Waals surface area contributed by atoms with E-state index in [9.17, 15) is 13.2 Å². The second kappa shape index (κ2) is 4.59. The minimum atomic E-state index is -4.57. The molecule has 0 unspecified atom stereocenters. The first kappa shape index (κ1) is 11.9. The van der Waals surface area contributed by atoms with Crippen molar-refractivity contribution < 1.29 is 17.9 Å². The molecule has 0 aliphatic heterocycles. The van der Waals surface area contributed by atoms with Crippen molar-refractivity contribution >= 4 is 0 Å². The summed E-state index contributed by atoms with van der Waals surface area (Å²) >= 11 is 0. The molecule has 82 valence electrons. The van der Waals surface area contributed by atoms with Crippen molar-refractivity contribution in [3.05, 3.63) is 29.3 Å². The minimum Gasteiger partial charge on any atom is -0.480 e. The lowest BCUT2D eigenvalue weighted by Gasteiger charge is -2.12. The zero-order valence-corrected chi connectivity index (χ0v) is 8.01. The Kier molecular flexibility index (Phi) is 3.42. The predicted molar refractivity (Wildman–Crippen MR) is 50.5 cm³/mol. The number of alkyl halides is 3. The lowest BCUT2D eigenvalue weighted by molar-refractivity contribution is -0.138. The van der Waals surface area contributed by atoms with Gasteiger partial charge in [-0.15, -0.1) is 6.42 Å². The number of halogens is 3. The largest absolute Gasteiger partial charge is 0.480 e. The molecule has 2 nitrogen and oxygen atoms in total. The van der Waals surface area contributed by atoms with Crippen LogP contribution in [0.25, 0.3) is 0 Å². The van der Waals surface area contributed by atoms with Crippen molar-refractivity contribution in [1.82, 2.24) is 0 Å². The van der Waals surface area contributed by atoms with Crippen LogP contribution in [-0.4, -0.2) is 6.61 Å². The standard InChI is InChI=1S/C11H6F3NO/c1-2-5-16-10-4-3-8(7-15)6-9(10)11(12,13)14/h1,3-4,6H,5H2. The van der Waals surface area contributed by atoms with E-state index < -0.39 is 11.7 Å². The molecule has 0 aromatic heterocycles. The van der Waals surface area contributed by atoms with Gasteiger partial charge < -0.3 is 4.74 Å². The molecule has 0 heterocycles. The summed E-state index contributed by atoms with van der Waals surface area (Å²) in [6.45, 7) is -0.255. The average Bonchev–Trinajstić information content (AvgIpc) is 2.25. The van der Waals surface area contributed by atoms with E-state index >= 15 is 0 Å². The zero-order chi connectivity index (χ0) is 12.2. The molecule has 0 aliphatic rings. The van der Waals surface area contributed by atoms with Gasteiger partial charge in [0.15, 0.2) is 0 Å². The molecule has 16 heavy (non-hydrogen) atoms. The van der Waals surface area contributed by atoms with Crippen LogP contribution in [0.5, 0.6) is 5.75 Å². The van der Waals surface area contributed by atoms with Crippen LogP contribution in [0.2, 0.25) is 0 Å². The molecule has 0 atom stereocenters. The molecule has 0 spiro atoms. The third-order valence-electron chi connectivity index (χ3n) is 1.73. The SMILES string of the molecule is C#CCOc1ccc(C#N)cc1C(F)(F)F. The molecular weight excluding hydrogens is 219 g/mol. The lowest BCUT2D eigenvalue weighted by atomic mass is 10.1. The normalized spacial score (nSPS) is 10.3. The first-order valence-corrected chi connectivity index (χ1v) is 4.16. The van der Waals surface area contributed by atoms with Crippen molar-refractivity contribution in [3.63, 3.8) is 0 Å². The second-order valence-corrected chi connectivity index (χ2v) is 2.81. The summed E-state index contributed by atoms with van der Waals surface area (Å²) in [4.78, 5) is 0. The first-order valence-electron chi connectivity index (χ1n) is 4.16. The molecule has 0 aliphatic carbocycles. The van der Waals surface area contributed by atoms with Gasteiger partial charge in [-0.25, -0.2) is 0 Å². The molecule has 0 fully saturated rings. The van der Waals surface area contributed by atoms with Gasteiger partial charge in [0.1, 0.15) is 12.4 Å². The van der Waals surface area contributed by atoms with Crippen LogP contribution >= 0.6 is 0 Å². The van der Waals surface area contributed by atoms with E-state index in [2.05, 4.69) is 5.92 Å². The molecule has 0 amide bonds. The summed E-state index contributed by atoms with van der Waals surface area (Å²) < 4.78 is 42.4. The lowest BCUT2D eigenvalue weighted by Crippen LogP contribution is -2.09. The van der Waals surface area contributed by atoms with E-state index in [-0.39, 0.29) is 17.9 Å². The van der Waals surface area contributed by atoms with Gasteiger partial charge in [0.2, 0.25) is 0 Å². The number of ether oxygens (including phenoxy) is 1. The first-order chi connectivity index (χ1) is 7.49. The summed E-state index contributed by atoms with van der Waals surface area (Å²) in [5.74, 6) is 1.70. The zero-order valence-electron chi connectivity index (χ0n) is 8.01. The number of hydrogen-bond acceptors (Lipinski definition) is 2. The summed E-state index contributed by atoms with van der Waals surface area (Å²) in [7, 11) is 0. The topological polar surface area (TPSA) is 33.0 Å². The minimum absolute atomic E-state index is 0.0830. The Morgan fingerprint density at radius 3 is 2.56 bits per heavy atom. The Morgan fingerprint density at radius 2 is 2.06 bits per heavy atom. The van der Waals surface area contributed by atoms with E-state index in [4.69, 9.17) is 16.4 Å². The number of nitriles is 1. The van der Waals surface area contributed by atoms with Gasteiger partial charge in [-0.3, -0.25) is 0 Å². The molecular formula is C11H6F3NO. The highest BCUT2D eigenvalue weighted by Gasteiger charge is 2.34. The average molecular weight is 225 g/mol. The predicted octanol–water partition coefficient (Wildman–Crippen LogP) is 2.59. The van der Waals surface area contributed by atoms with Gasteiger partial charge in [-0.2, -0.15) is 18.4 Å². The molecule has 1 aromatic carbocycles. The summed E-state index contributed by atoms with van der Waals surface area (Å²) in [5.41, 5.74) is -1.08. The molecule has 1 aromatic rings. The van der Waals surface area contributed by atoms with Gasteiger partial charge in [0, 0.05) is 0 Å². The number of nitrogens with zero attached hydrogens (tertiary/aromatic N) is 1. The van der Waals surface area contributed by atoms with E-state index in [1.165, 1.54) is 6.07 Å². The monoisotopic (exact) mass is 225 g/mol. The fourth-order valence-corrected chi connectivity index (χ4v) is 1.07. The highest BCUT2D eigenvalue weighted by Crippen LogP contribution is 2.36. The Bertz CT molecular complexity index is 466. The highest BCUT2D eigenvalue weighted by molar-refractivity contribution is 5.43. The summed E-state index contributed by atoms with van der Waals surface area (Å²) in [6, 6.07) is 4.67. The maximum atomic E-state index is 12.6. The van der Waals surface area contributed by atoms with E-state index in [1.54, 1.807) is 6.07 Å². The van der Waals surface area contributed by atoms with Crippen LogP contribution in [0.15, 0.2) is 18.2 Å². The van der Waals surface area contributed by atoms with Crippen LogP contribution in [0.4, 0.5) is 13.2 Å². The smallest absolute Gasteiger partial charge is 0.420 e. The quantitative estimate of drug-likeness (QED) is 0.725. The molecule has 0 saturated heterocycles. The molecule has 0 bridgehead atoms. The van der Waals surface area contributed by atoms with E-state index in [0.717, 1.165) is 12.1 Å². The van der Waals surface area contributed by atoms with Crippen LogP contribution in [0.3, 0.4) is 0 Å². The van der Waals surface area contributed by atoms with Crippen molar-refractivity contribution in [1.29, 1.82) is 5.26 Å². The molecule has 5 heteroatoms. The number of benzene rings is 1. The van der Waals surface area contributed by atoms with Gasteiger partial charge in [-0.05, 0) is 18.2 Å². The van der Waals surface area contributed by atoms with Crippen LogP contribution in [0, 0.1) is 23.7 Å². The van der Waals surface area contributed by atoms with Crippen molar-refractivity contribution in [3.8, 4) is 24.2 Å². The maximum Gasteiger partial charge on any atom is 0.420 e. The van der Waals surface area contributed by atoms with Crippen molar-refractivity contribution in [2.24, 2.45) is 0 Å².